The summed E-state index contributed by atoms with van der Waals surface area (Å²) in [6.07, 6.45) is 0.258. The minimum atomic E-state index is -0.303. The zero-order valence-corrected chi connectivity index (χ0v) is 14.7. The monoisotopic (exact) mass is 385 g/mol. The van der Waals surface area contributed by atoms with Crippen LogP contribution in [0.3, 0.4) is 0 Å². The molecule has 0 fully saturated rings. The Morgan fingerprint density at radius 2 is 1.75 bits per heavy atom. The molecule has 0 aromatic heterocycles. The second-order valence-corrected chi connectivity index (χ2v) is 5.97. The Morgan fingerprint density at radius 3 is 2.42 bits per heavy atom. The molecule has 2 aromatic carbocycles. The molecule has 0 aliphatic heterocycles. The van der Waals surface area contributed by atoms with E-state index < -0.39 is 0 Å². The molecule has 2 rings (SSSR count). The maximum atomic E-state index is 12.5. The van der Waals surface area contributed by atoms with Crippen LogP contribution in [-0.2, 0) is 0 Å². The van der Waals surface area contributed by atoms with Crippen molar-refractivity contribution in [3.63, 3.8) is 0 Å². The lowest BCUT2D eigenvalue weighted by molar-refractivity contribution is 0.0799. The first kappa shape index (κ1) is 17.7. The SMILES string of the molecule is CN(CCC#N)C(=O)c1ccccc1NC(=O)c1ccccc1Br. The summed E-state index contributed by atoms with van der Waals surface area (Å²) >= 11 is 3.34. The summed E-state index contributed by atoms with van der Waals surface area (Å²) in [7, 11) is 1.63. The second-order valence-electron chi connectivity index (χ2n) is 5.11. The van der Waals surface area contributed by atoms with E-state index in [1.165, 1.54) is 4.90 Å². The summed E-state index contributed by atoms with van der Waals surface area (Å²) in [6, 6.07) is 15.9. The van der Waals surface area contributed by atoms with Crippen molar-refractivity contribution in [2.45, 2.75) is 6.42 Å². The lowest BCUT2D eigenvalue weighted by atomic mass is 10.1. The van der Waals surface area contributed by atoms with Crippen LogP contribution in [0.4, 0.5) is 5.69 Å². The summed E-state index contributed by atoms with van der Waals surface area (Å²) in [6.45, 7) is 0.335. The number of nitrogens with one attached hydrogen (secondary N) is 1. The van der Waals surface area contributed by atoms with Gasteiger partial charge in [0.15, 0.2) is 0 Å². The maximum absolute atomic E-state index is 12.5. The molecule has 5 nitrogen and oxygen atoms in total. The van der Waals surface area contributed by atoms with Gasteiger partial charge in [0.2, 0.25) is 0 Å². The van der Waals surface area contributed by atoms with Gasteiger partial charge in [0.05, 0.1) is 29.3 Å². The van der Waals surface area contributed by atoms with E-state index in [9.17, 15) is 9.59 Å². The maximum Gasteiger partial charge on any atom is 0.256 e. The van der Waals surface area contributed by atoms with Crippen molar-refractivity contribution in [3.05, 3.63) is 64.1 Å². The number of carbonyl (C=O) groups excluding carboxylic acids is 2. The fourth-order valence-corrected chi connectivity index (χ4v) is 2.60. The number of amides is 2. The van der Waals surface area contributed by atoms with Gasteiger partial charge in [-0.15, -0.1) is 0 Å². The number of rotatable bonds is 5. The fourth-order valence-electron chi connectivity index (χ4n) is 2.14. The number of para-hydroxylation sites is 1. The van der Waals surface area contributed by atoms with Crippen molar-refractivity contribution >= 4 is 33.4 Å². The minimum Gasteiger partial charge on any atom is -0.341 e. The summed E-state index contributed by atoms with van der Waals surface area (Å²) in [5.74, 6) is -0.546. The highest BCUT2D eigenvalue weighted by molar-refractivity contribution is 9.10. The first-order chi connectivity index (χ1) is 11.5. The number of carbonyl (C=O) groups is 2. The number of hydrogen-bond acceptors (Lipinski definition) is 3. The summed E-state index contributed by atoms with van der Waals surface area (Å²) in [5, 5.41) is 11.4. The highest BCUT2D eigenvalue weighted by Crippen LogP contribution is 2.21. The molecule has 2 aromatic rings. The number of hydrogen-bond donors (Lipinski definition) is 1. The van der Waals surface area contributed by atoms with Crippen LogP contribution in [-0.4, -0.2) is 30.3 Å². The Morgan fingerprint density at radius 1 is 1.12 bits per heavy atom. The van der Waals surface area contributed by atoms with Crippen molar-refractivity contribution in [2.75, 3.05) is 18.9 Å². The van der Waals surface area contributed by atoms with Gasteiger partial charge in [0.1, 0.15) is 0 Å². The predicted molar refractivity (Wildman–Crippen MR) is 95.7 cm³/mol. The minimum absolute atomic E-state index is 0.242. The van der Waals surface area contributed by atoms with Gasteiger partial charge in [-0.05, 0) is 40.2 Å². The molecule has 1 N–H and O–H groups in total. The van der Waals surface area contributed by atoms with Gasteiger partial charge in [-0.3, -0.25) is 9.59 Å². The summed E-state index contributed by atoms with van der Waals surface area (Å²) in [5.41, 5.74) is 1.31. The Labute approximate surface area is 149 Å². The van der Waals surface area contributed by atoms with Crippen LogP contribution in [0, 0.1) is 11.3 Å². The average Bonchev–Trinajstić information content (AvgIpc) is 2.59. The zero-order chi connectivity index (χ0) is 17.5. The molecule has 0 heterocycles. The second kappa shape index (κ2) is 8.27. The van der Waals surface area contributed by atoms with Crippen LogP contribution >= 0.6 is 15.9 Å². The third-order valence-electron chi connectivity index (χ3n) is 3.43. The molecule has 0 bridgehead atoms. The number of halogens is 1. The van der Waals surface area contributed by atoms with Crippen LogP contribution < -0.4 is 5.32 Å². The Kier molecular flexibility index (Phi) is 6.10. The van der Waals surface area contributed by atoms with Gasteiger partial charge < -0.3 is 10.2 Å². The Bertz CT molecular complexity index is 799. The van der Waals surface area contributed by atoms with Crippen LogP contribution in [0.5, 0.6) is 0 Å². The van der Waals surface area contributed by atoms with Crippen molar-refractivity contribution < 1.29 is 9.59 Å². The normalized spacial score (nSPS) is 9.88. The molecule has 0 saturated carbocycles. The van der Waals surface area contributed by atoms with Gasteiger partial charge in [-0.2, -0.15) is 5.26 Å². The third-order valence-corrected chi connectivity index (χ3v) is 4.12. The van der Waals surface area contributed by atoms with E-state index in [2.05, 4.69) is 21.2 Å². The van der Waals surface area contributed by atoms with E-state index in [0.29, 0.717) is 27.8 Å². The molecular formula is C18H16BrN3O2. The van der Waals surface area contributed by atoms with Crippen molar-refractivity contribution in [1.29, 1.82) is 5.26 Å². The quantitative estimate of drug-likeness (QED) is 0.852. The Hall–Kier alpha value is -2.65. The van der Waals surface area contributed by atoms with Gasteiger partial charge in [-0.25, -0.2) is 0 Å². The average molecular weight is 386 g/mol. The molecule has 2 amide bonds. The molecule has 0 radical (unpaired) electrons. The molecule has 0 unspecified atom stereocenters. The lowest BCUT2D eigenvalue weighted by Crippen LogP contribution is -2.28. The van der Waals surface area contributed by atoms with Crippen LogP contribution in [0.1, 0.15) is 27.1 Å². The number of benzene rings is 2. The van der Waals surface area contributed by atoms with Gasteiger partial charge in [0, 0.05) is 18.1 Å². The predicted octanol–water partition coefficient (Wildman–Crippen LogP) is 3.69. The van der Waals surface area contributed by atoms with Crippen LogP contribution in [0.25, 0.3) is 0 Å². The van der Waals surface area contributed by atoms with Crippen molar-refractivity contribution in [3.8, 4) is 6.07 Å². The van der Waals surface area contributed by atoms with E-state index in [1.807, 2.05) is 12.1 Å². The topological polar surface area (TPSA) is 73.2 Å². The van der Waals surface area contributed by atoms with E-state index in [0.717, 1.165) is 0 Å². The summed E-state index contributed by atoms with van der Waals surface area (Å²) < 4.78 is 0.678. The number of anilines is 1. The van der Waals surface area contributed by atoms with E-state index in [1.54, 1.807) is 49.5 Å². The molecule has 0 aliphatic rings. The Balaban J connectivity index is 2.23. The third kappa shape index (κ3) is 4.21. The van der Waals surface area contributed by atoms with Crippen molar-refractivity contribution in [1.82, 2.24) is 4.90 Å². The smallest absolute Gasteiger partial charge is 0.256 e. The highest BCUT2D eigenvalue weighted by atomic mass is 79.9. The number of nitrogens with zero attached hydrogens (tertiary/aromatic N) is 2. The lowest BCUT2D eigenvalue weighted by Gasteiger charge is -2.18. The molecule has 0 aliphatic carbocycles. The van der Waals surface area contributed by atoms with E-state index >= 15 is 0 Å². The summed E-state index contributed by atoms with van der Waals surface area (Å²) in [4.78, 5) is 26.4. The first-order valence-electron chi connectivity index (χ1n) is 7.32. The van der Waals surface area contributed by atoms with Crippen LogP contribution in [0.2, 0.25) is 0 Å². The molecule has 24 heavy (non-hydrogen) atoms. The zero-order valence-electron chi connectivity index (χ0n) is 13.1. The van der Waals surface area contributed by atoms with Crippen molar-refractivity contribution in [2.24, 2.45) is 0 Å². The molecule has 0 atom stereocenters. The molecule has 6 heteroatoms. The van der Waals surface area contributed by atoms with E-state index in [-0.39, 0.29) is 18.2 Å². The van der Waals surface area contributed by atoms with Crippen LogP contribution in [0.15, 0.2) is 53.0 Å². The van der Waals surface area contributed by atoms with E-state index in [4.69, 9.17) is 5.26 Å². The van der Waals surface area contributed by atoms with Gasteiger partial charge in [0.25, 0.3) is 11.8 Å². The highest BCUT2D eigenvalue weighted by Gasteiger charge is 2.17. The molecule has 0 spiro atoms. The standard InChI is InChI=1S/C18H16BrN3O2/c1-22(12-6-11-20)18(24)14-8-3-5-10-16(14)21-17(23)13-7-2-4-9-15(13)19/h2-5,7-10H,6,12H2,1H3,(H,21,23). The molecule has 0 saturated heterocycles. The van der Waals surface area contributed by atoms with Gasteiger partial charge in [-0.1, -0.05) is 24.3 Å². The molecular weight excluding hydrogens is 370 g/mol. The van der Waals surface area contributed by atoms with Gasteiger partial charge >= 0.3 is 0 Å². The fraction of sp³-hybridized carbons (Fsp3) is 0.167. The largest absolute Gasteiger partial charge is 0.341 e. The first-order valence-corrected chi connectivity index (χ1v) is 8.11. The molecule has 122 valence electrons. The number of nitriles is 1.